The van der Waals surface area contributed by atoms with E-state index in [1.54, 1.807) is 0 Å². The van der Waals surface area contributed by atoms with E-state index in [9.17, 15) is 14.4 Å². The summed E-state index contributed by atoms with van der Waals surface area (Å²) >= 11 is 0. The number of hydrogen-bond donors (Lipinski definition) is 0. The summed E-state index contributed by atoms with van der Waals surface area (Å²) in [6.45, 7) is 6.34. The second-order valence-electron chi connectivity index (χ2n) is 18.4. The average molecular weight is 970 g/mol. The van der Waals surface area contributed by atoms with Crippen LogP contribution in [0.3, 0.4) is 0 Å². The lowest BCUT2D eigenvalue weighted by Crippen LogP contribution is -2.30. The Balaban J connectivity index is 4.50. The van der Waals surface area contributed by atoms with Crippen molar-refractivity contribution in [1.82, 2.24) is 0 Å². The molecule has 0 fully saturated rings. The third-order valence-corrected chi connectivity index (χ3v) is 11.7. The maximum Gasteiger partial charge on any atom is 0.306 e. The smallest absolute Gasteiger partial charge is 0.306 e. The summed E-state index contributed by atoms with van der Waals surface area (Å²) in [4.78, 5) is 38.2. The molecule has 0 rings (SSSR count). The van der Waals surface area contributed by atoms with E-state index in [1.807, 2.05) is 0 Å². The van der Waals surface area contributed by atoms with Crippen LogP contribution in [-0.4, -0.2) is 37.2 Å². The van der Waals surface area contributed by atoms with Crippen molar-refractivity contribution in [2.24, 2.45) is 0 Å². The van der Waals surface area contributed by atoms with Gasteiger partial charge in [0.15, 0.2) is 6.10 Å². The van der Waals surface area contributed by atoms with Crippen LogP contribution in [0.1, 0.15) is 245 Å². The molecule has 0 aromatic carbocycles. The Morgan fingerprint density at radius 1 is 0.300 bits per heavy atom. The molecule has 0 aromatic heterocycles. The maximum atomic E-state index is 12.9. The second kappa shape index (κ2) is 57.4. The molecule has 0 saturated heterocycles. The fourth-order valence-corrected chi connectivity index (χ4v) is 7.45. The van der Waals surface area contributed by atoms with Crippen molar-refractivity contribution < 1.29 is 28.6 Å². The van der Waals surface area contributed by atoms with Gasteiger partial charge in [-0.25, -0.2) is 0 Å². The molecular weight excluding hydrogens is 865 g/mol. The minimum atomic E-state index is -0.806. The van der Waals surface area contributed by atoms with Crippen LogP contribution in [0.15, 0.2) is 122 Å². The molecule has 0 aliphatic carbocycles. The van der Waals surface area contributed by atoms with E-state index in [4.69, 9.17) is 14.2 Å². The summed E-state index contributed by atoms with van der Waals surface area (Å²) in [5, 5.41) is 0. The Kier molecular flexibility index (Phi) is 54.0. The molecule has 0 N–H and O–H groups in total. The Bertz CT molecular complexity index is 1490. The molecule has 70 heavy (non-hydrogen) atoms. The van der Waals surface area contributed by atoms with Crippen molar-refractivity contribution in [2.45, 2.75) is 252 Å². The lowest BCUT2D eigenvalue weighted by atomic mass is 10.1. The normalized spacial score (nSPS) is 13.0. The predicted octanol–water partition coefficient (Wildman–Crippen LogP) is 19.3. The van der Waals surface area contributed by atoms with E-state index in [0.717, 1.165) is 141 Å². The fourth-order valence-electron chi connectivity index (χ4n) is 7.45. The average Bonchev–Trinajstić information content (AvgIpc) is 3.36. The fraction of sp³-hybridized carbons (Fsp3) is 0.641. The number of rotatable bonds is 50. The van der Waals surface area contributed by atoms with Crippen LogP contribution in [-0.2, 0) is 28.6 Å². The minimum Gasteiger partial charge on any atom is -0.462 e. The first kappa shape index (κ1) is 65.8. The van der Waals surface area contributed by atoms with Crippen molar-refractivity contribution in [2.75, 3.05) is 13.2 Å². The molecule has 0 radical (unpaired) electrons. The summed E-state index contributed by atoms with van der Waals surface area (Å²) in [5.41, 5.74) is 0. The molecule has 0 bridgehead atoms. The highest BCUT2D eigenvalue weighted by Crippen LogP contribution is 2.14. The van der Waals surface area contributed by atoms with Gasteiger partial charge in [0, 0.05) is 19.3 Å². The van der Waals surface area contributed by atoms with E-state index in [1.165, 1.54) is 64.2 Å². The number of esters is 3. The Labute approximate surface area is 431 Å². The lowest BCUT2D eigenvalue weighted by Gasteiger charge is -2.18. The van der Waals surface area contributed by atoms with Gasteiger partial charge in [-0.2, -0.15) is 0 Å². The van der Waals surface area contributed by atoms with Crippen molar-refractivity contribution in [3.63, 3.8) is 0 Å². The van der Waals surface area contributed by atoms with Gasteiger partial charge in [-0.05, 0) is 128 Å². The third-order valence-electron chi connectivity index (χ3n) is 11.7. The number of allylic oxidation sites excluding steroid dienone is 20. The van der Waals surface area contributed by atoms with E-state index >= 15 is 0 Å². The zero-order valence-corrected chi connectivity index (χ0v) is 45.2. The number of hydrogen-bond acceptors (Lipinski definition) is 6. The molecule has 0 aliphatic heterocycles. The van der Waals surface area contributed by atoms with Crippen LogP contribution < -0.4 is 0 Å². The molecule has 1 atom stereocenters. The lowest BCUT2D eigenvalue weighted by molar-refractivity contribution is -0.167. The van der Waals surface area contributed by atoms with Gasteiger partial charge in [-0.1, -0.05) is 219 Å². The third kappa shape index (κ3) is 54.7. The molecule has 0 amide bonds. The van der Waals surface area contributed by atoms with Crippen molar-refractivity contribution in [3.8, 4) is 0 Å². The molecule has 0 spiro atoms. The van der Waals surface area contributed by atoms with Crippen LogP contribution in [0.2, 0.25) is 0 Å². The molecule has 0 aliphatic rings. The SMILES string of the molecule is CC/C=C\C/C=C\C/C=C\C/C=C\C/C=C\CCCCCC(=O)OCC(COC(=O)CCCCCCCC/C=C\C/C=C\C/C=C\CC)OC(=O)CCCCCCCCC/C=C\C/C=C\CCCCC. The first-order valence-electron chi connectivity index (χ1n) is 28.5. The largest absolute Gasteiger partial charge is 0.462 e. The first-order chi connectivity index (χ1) is 34.5. The van der Waals surface area contributed by atoms with Crippen LogP contribution in [0, 0.1) is 0 Å². The van der Waals surface area contributed by atoms with E-state index < -0.39 is 6.10 Å². The number of unbranched alkanes of at least 4 members (excludes halogenated alkanes) is 19. The summed E-state index contributed by atoms with van der Waals surface area (Å²) < 4.78 is 16.8. The monoisotopic (exact) mass is 969 g/mol. The van der Waals surface area contributed by atoms with Crippen LogP contribution >= 0.6 is 0 Å². The van der Waals surface area contributed by atoms with E-state index in [2.05, 4.69) is 142 Å². The van der Waals surface area contributed by atoms with Crippen molar-refractivity contribution >= 4 is 17.9 Å². The van der Waals surface area contributed by atoms with Gasteiger partial charge >= 0.3 is 17.9 Å². The zero-order valence-electron chi connectivity index (χ0n) is 45.2. The standard InChI is InChI=1S/C64H104O6/c1-4-7-10-13-16-19-22-25-28-31-32-34-36-39-42-45-48-51-54-57-63(66)69-60-61(59-68-62(65)56-53-50-47-44-41-38-35-30-27-24-21-18-15-12-9-6-3)70-64(67)58-55-52-49-46-43-40-37-33-29-26-23-20-17-14-11-8-5-2/h7,9-10,12,16-21,25-30,32,34,39,42,61H,4-6,8,11,13-15,22-24,31,33,35-38,40-41,43-60H2,1-3H3/b10-7-,12-9-,19-16-,20-17-,21-18-,28-25-,29-26-,30-27-,34-32-,42-39-. The molecule has 0 saturated carbocycles. The molecule has 1 unspecified atom stereocenters. The summed E-state index contributed by atoms with van der Waals surface area (Å²) in [5.74, 6) is -0.956. The summed E-state index contributed by atoms with van der Waals surface area (Å²) in [6.07, 6.45) is 78.9. The van der Waals surface area contributed by atoms with Crippen molar-refractivity contribution in [1.29, 1.82) is 0 Å². The second-order valence-corrected chi connectivity index (χ2v) is 18.4. The first-order valence-corrected chi connectivity index (χ1v) is 28.5. The van der Waals surface area contributed by atoms with Crippen LogP contribution in [0.5, 0.6) is 0 Å². The maximum absolute atomic E-state index is 12.9. The number of ether oxygens (including phenoxy) is 3. The topological polar surface area (TPSA) is 78.9 Å². The highest BCUT2D eigenvalue weighted by Gasteiger charge is 2.19. The Hall–Kier alpha value is -4.19. The van der Waals surface area contributed by atoms with E-state index in [0.29, 0.717) is 19.3 Å². The molecule has 0 aromatic rings. The molecular formula is C64H104O6. The van der Waals surface area contributed by atoms with Gasteiger partial charge in [0.1, 0.15) is 13.2 Å². The molecule has 0 heterocycles. The van der Waals surface area contributed by atoms with Crippen LogP contribution in [0.25, 0.3) is 0 Å². The summed E-state index contributed by atoms with van der Waals surface area (Å²) in [7, 11) is 0. The quantitative estimate of drug-likeness (QED) is 0.0262. The highest BCUT2D eigenvalue weighted by molar-refractivity contribution is 5.71. The molecule has 396 valence electrons. The zero-order chi connectivity index (χ0) is 50.7. The minimum absolute atomic E-state index is 0.102. The molecule has 6 heteroatoms. The molecule has 6 nitrogen and oxygen atoms in total. The van der Waals surface area contributed by atoms with Gasteiger partial charge in [-0.15, -0.1) is 0 Å². The Morgan fingerprint density at radius 2 is 0.557 bits per heavy atom. The van der Waals surface area contributed by atoms with Gasteiger partial charge < -0.3 is 14.2 Å². The predicted molar refractivity (Wildman–Crippen MR) is 302 cm³/mol. The number of carbonyl (C=O) groups is 3. The highest BCUT2D eigenvalue weighted by atomic mass is 16.6. The van der Waals surface area contributed by atoms with Crippen LogP contribution in [0.4, 0.5) is 0 Å². The number of carbonyl (C=O) groups excluding carboxylic acids is 3. The van der Waals surface area contributed by atoms with Gasteiger partial charge in [-0.3, -0.25) is 14.4 Å². The van der Waals surface area contributed by atoms with E-state index in [-0.39, 0.29) is 31.1 Å². The van der Waals surface area contributed by atoms with Gasteiger partial charge in [0.2, 0.25) is 0 Å². The van der Waals surface area contributed by atoms with Crippen molar-refractivity contribution in [3.05, 3.63) is 122 Å². The van der Waals surface area contributed by atoms with Gasteiger partial charge in [0.05, 0.1) is 0 Å². The summed E-state index contributed by atoms with van der Waals surface area (Å²) in [6, 6.07) is 0. The van der Waals surface area contributed by atoms with Gasteiger partial charge in [0.25, 0.3) is 0 Å². The Morgan fingerprint density at radius 3 is 0.886 bits per heavy atom.